The van der Waals surface area contributed by atoms with E-state index in [1.807, 2.05) is 32.9 Å². The van der Waals surface area contributed by atoms with E-state index in [9.17, 15) is 8.42 Å². The van der Waals surface area contributed by atoms with Crippen LogP contribution in [0.1, 0.15) is 44.7 Å². The van der Waals surface area contributed by atoms with E-state index in [1.165, 1.54) is 0 Å². The fourth-order valence-electron chi connectivity index (χ4n) is 3.27. The van der Waals surface area contributed by atoms with Crippen molar-refractivity contribution in [2.75, 3.05) is 32.0 Å². The molecule has 1 aliphatic rings. The second kappa shape index (κ2) is 12.6. The summed E-state index contributed by atoms with van der Waals surface area (Å²) in [6, 6.07) is 6.36. The fourth-order valence-corrected chi connectivity index (χ4v) is 4.40. The van der Waals surface area contributed by atoms with Gasteiger partial charge < -0.3 is 15.4 Å². The Kier molecular flexibility index (Phi) is 11.3. The third kappa shape index (κ3) is 7.93. The van der Waals surface area contributed by atoms with Crippen LogP contribution in [0.2, 0.25) is 0 Å². The third-order valence-electron chi connectivity index (χ3n) is 4.86. The standard InChI is InChI=1S/C20H34N4O3S.HI/c1-5-21-20(22-15-17-8-9-19(27-6-2)16(4)14-17)23-18-10-12-24(13-11-18)28(25,26)7-3;/h8-9,14,18H,5-7,10-13,15H2,1-4H3,(H2,21,22,23);1H. The van der Waals surface area contributed by atoms with Gasteiger partial charge in [0.2, 0.25) is 10.0 Å². The van der Waals surface area contributed by atoms with Gasteiger partial charge in [0.05, 0.1) is 18.9 Å². The third-order valence-corrected chi connectivity index (χ3v) is 6.74. The highest BCUT2D eigenvalue weighted by atomic mass is 127. The van der Waals surface area contributed by atoms with Crippen molar-refractivity contribution in [1.29, 1.82) is 0 Å². The summed E-state index contributed by atoms with van der Waals surface area (Å²) in [7, 11) is -3.09. The van der Waals surface area contributed by atoms with Crippen LogP contribution in [0, 0.1) is 6.92 Å². The summed E-state index contributed by atoms with van der Waals surface area (Å²) in [6.45, 7) is 10.9. The van der Waals surface area contributed by atoms with Crippen LogP contribution in [0.25, 0.3) is 0 Å². The Morgan fingerprint density at radius 1 is 1.24 bits per heavy atom. The average Bonchev–Trinajstić information content (AvgIpc) is 2.69. The fraction of sp³-hybridized carbons (Fsp3) is 0.650. The number of halogens is 1. The highest BCUT2D eigenvalue weighted by Gasteiger charge is 2.26. The van der Waals surface area contributed by atoms with Gasteiger partial charge in [0, 0.05) is 25.7 Å². The topological polar surface area (TPSA) is 83.0 Å². The summed E-state index contributed by atoms with van der Waals surface area (Å²) in [5, 5.41) is 6.74. The van der Waals surface area contributed by atoms with E-state index in [-0.39, 0.29) is 35.8 Å². The van der Waals surface area contributed by atoms with Gasteiger partial charge in [0.15, 0.2) is 5.96 Å². The number of piperidine rings is 1. The molecule has 1 heterocycles. The maximum atomic E-state index is 12.0. The summed E-state index contributed by atoms with van der Waals surface area (Å²) in [4.78, 5) is 4.70. The number of aliphatic imine (C=N–C) groups is 1. The van der Waals surface area contributed by atoms with Gasteiger partial charge in [-0.25, -0.2) is 17.7 Å². The van der Waals surface area contributed by atoms with Gasteiger partial charge in [0.25, 0.3) is 0 Å². The molecule has 1 saturated heterocycles. The molecule has 0 unspecified atom stereocenters. The molecule has 0 saturated carbocycles. The average molecular weight is 538 g/mol. The number of guanidine groups is 1. The van der Waals surface area contributed by atoms with Crippen molar-refractivity contribution >= 4 is 40.0 Å². The van der Waals surface area contributed by atoms with Crippen molar-refractivity contribution in [2.45, 2.75) is 53.1 Å². The summed E-state index contributed by atoms with van der Waals surface area (Å²) in [5.74, 6) is 1.84. The van der Waals surface area contributed by atoms with Crippen molar-refractivity contribution in [3.8, 4) is 5.75 Å². The first-order valence-corrected chi connectivity index (χ1v) is 11.8. The van der Waals surface area contributed by atoms with Crippen LogP contribution in [0.15, 0.2) is 23.2 Å². The Balaban J connectivity index is 0.00000420. The van der Waals surface area contributed by atoms with E-state index in [2.05, 4.69) is 16.7 Å². The summed E-state index contributed by atoms with van der Waals surface area (Å²) >= 11 is 0. The molecule has 2 N–H and O–H groups in total. The molecule has 0 aliphatic carbocycles. The Bertz CT molecular complexity index is 763. The van der Waals surface area contributed by atoms with E-state index < -0.39 is 10.0 Å². The molecule has 1 fully saturated rings. The smallest absolute Gasteiger partial charge is 0.213 e. The molecular weight excluding hydrogens is 503 g/mol. The minimum Gasteiger partial charge on any atom is -0.494 e. The van der Waals surface area contributed by atoms with E-state index in [1.54, 1.807) is 11.2 Å². The van der Waals surface area contributed by atoms with Gasteiger partial charge >= 0.3 is 0 Å². The zero-order valence-electron chi connectivity index (χ0n) is 17.9. The largest absolute Gasteiger partial charge is 0.494 e. The van der Waals surface area contributed by atoms with Gasteiger partial charge in [-0.3, -0.25) is 0 Å². The molecule has 0 amide bonds. The van der Waals surface area contributed by atoms with E-state index in [0.29, 0.717) is 26.2 Å². The second-order valence-electron chi connectivity index (χ2n) is 6.95. The van der Waals surface area contributed by atoms with Gasteiger partial charge in [-0.1, -0.05) is 12.1 Å². The minimum absolute atomic E-state index is 0. The maximum Gasteiger partial charge on any atom is 0.213 e. The van der Waals surface area contributed by atoms with Gasteiger partial charge in [-0.2, -0.15) is 0 Å². The summed E-state index contributed by atoms with van der Waals surface area (Å²) in [6.07, 6.45) is 1.57. The Morgan fingerprint density at radius 3 is 2.48 bits per heavy atom. The Morgan fingerprint density at radius 2 is 1.93 bits per heavy atom. The molecule has 0 bridgehead atoms. The number of hydrogen-bond acceptors (Lipinski definition) is 4. The molecule has 0 atom stereocenters. The van der Waals surface area contributed by atoms with Crippen molar-refractivity contribution < 1.29 is 13.2 Å². The second-order valence-corrected chi connectivity index (χ2v) is 9.20. The molecule has 7 nitrogen and oxygen atoms in total. The molecule has 1 aromatic carbocycles. The van der Waals surface area contributed by atoms with Crippen LogP contribution in [0.5, 0.6) is 5.75 Å². The number of aryl methyl sites for hydroxylation is 1. The number of rotatable bonds is 8. The van der Waals surface area contributed by atoms with Crippen molar-refractivity contribution in [1.82, 2.24) is 14.9 Å². The van der Waals surface area contributed by atoms with Crippen molar-refractivity contribution in [2.24, 2.45) is 4.99 Å². The molecule has 2 rings (SSSR count). The lowest BCUT2D eigenvalue weighted by atomic mass is 10.1. The highest BCUT2D eigenvalue weighted by molar-refractivity contribution is 14.0. The van der Waals surface area contributed by atoms with Crippen molar-refractivity contribution in [3.05, 3.63) is 29.3 Å². The Labute approximate surface area is 192 Å². The zero-order chi connectivity index (χ0) is 20.6. The molecule has 1 aliphatic heterocycles. The van der Waals surface area contributed by atoms with Crippen LogP contribution < -0.4 is 15.4 Å². The van der Waals surface area contributed by atoms with Crippen LogP contribution in [0.3, 0.4) is 0 Å². The first-order chi connectivity index (χ1) is 13.4. The number of ether oxygens (including phenoxy) is 1. The molecule has 0 spiro atoms. The SMILES string of the molecule is CCNC(=NCc1ccc(OCC)c(C)c1)NC1CCN(S(=O)(=O)CC)CC1.I. The maximum absolute atomic E-state index is 12.0. The molecular formula is C20H35IN4O3S. The van der Waals surface area contributed by atoms with Gasteiger partial charge in [-0.15, -0.1) is 24.0 Å². The van der Waals surface area contributed by atoms with Crippen LogP contribution in [-0.4, -0.2) is 56.7 Å². The van der Waals surface area contributed by atoms with E-state index in [4.69, 9.17) is 9.73 Å². The molecule has 0 aromatic heterocycles. The first kappa shape index (κ1) is 26.0. The lowest BCUT2D eigenvalue weighted by Crippen LogP contribution is -2.50. The molecule has 9 heteroatoms. The van der Waals surface area contributed by atoms with E-state index >= 15 is 0 Å². The molecule has 29 heavy (non-hydrogen) atoms. The Hall–Kier alpha value is -1.07. The van der Waals surface area contributed by atoms with E-state index in [0.717, 1.165) is 42.2 Å². The molecule has 1 aromatic rings. The van der Waals surface area contributed by atoms with Crippen molar-refractivity contribution in [3.63, 3.8) is 0 Å². The molecule has 0 radical (unpaired) electrons. The normalized spacial score (nSPS) is 16.2. The predicted molar refractivity (Wildman–Crippen MR) is 130 cm³/mol. The first-order valence-electron chi connectivity index (χ1n) is 10.1. The van der Waals surface area contributed by atoms with Crippen LogP contribution in [-0.2, 0) is 16.6 Å². The lowest BCUT2D eigenvalue weighted by molar-refractivity contribution is 0.306. The predicted octanol–water partition coefficient (Wildman–Crippen LogP) is 2.88. The number of nitrogens with one attached hydrogen (secondary N) is 2. The molecule has 166 valence electrons. The number of benzene rings is 1. The number of hydrogen-bond donors (Lipinski definition) is 2. The number of sulfonamides is 1. The summed E-state index contributed by atoms with van der Waals surface area (Å²) in [5.41, 5.74) is 2.24. The summed E-state index contributed by atoms with van der Waals surface area (Å²) < 4.78 is 31.2. The monoisotopic (exact) mass is 538 g/mol. The number of nitrogens with zero attached hydrogens (tertiary/aromatic N) is 2. The quantitative estimate of drug-likeness (QED) is 0.302. The van der Waals surface area contributed by atoms with Gasteiger partial charge in [-0.05, 0) is 57.7 Å². The van der Waals surface area contributed by atoms with Crippen LogP contribution in [0.4, 0.5) is 0 Å². The minimum atomic E-state index is -3.09. The highest BCUT2D eigenvalue weighted by Crippen LogP contribution is 2.19. The lowest BCUT2D eigenvalue weighted by Gasteiger charge is -2.32. The van der Waals surface area contributed by atoms with Crippen LogP contribution >= 0.6 is 24.0 Å². The zero-order valence-corrected chi connectivity index (χ0v) is 21.0. The van der Waals surface area contributed by atoms with Gasteiger partial charge in [0.1, 0.15) is 5.75 Å².